The summed E-state index contributed by atoms with van der Waals surface area (Å²) >= 11 is 0. The second-order valence-electron chi connectivity index (χ2n) is 7.33. The van der Waals surface area contributed by atoms with Gasteiger partial charge in [-0.2, -0.15) is 5.26 Å². The number of carbonyl (C=O) groups excluding carboxylic acids is 1. The smallest absolute Gasteiger partial charge is 0.349 e. The van der Waals surface area contributed by atoms with Gasteiger partial charge in [0.25, 0.3) is 0 Å². The molecule has 0 aromatic heterocycles. The van der Waals surface area contributed by atoms with E-state index in [-0.39, 0.29) is 11.7 Å². The van der Waals surface area contributed by atoms with Crippen LogP contribution in [0.5, 0.6) is 0 Å². The number of hydrogen-bond donors (Lipinski definition) is 0. The molecule has 3 nitrogen and oxygen atoms in total. The lowest BCUT2D eigenvalue weighted by molar-refractivity contribution is -0.145. The van der Waals surface area contributed by atoms with Gasteiger partial charge in [0.05, 0.1) is 0 Å². The highest BCUT2D eigenvalue weighted by molar-refractivity contribution is 5.97. The van der Waals surface area contributed by atoms with Gasteiger partial charge >= 0.3 is 5.97 Å². The molecule has 122 valence electrons. The van der Waals surface area contributed by atoms with E-state index in [2.05, 4.69) is 20.8 Å². The van der Waals surface area contributed by atoms with Crippen molar-refractivity contribution >= 4 is 12.0 Å². The molecule has 1 fully saturated rings. The molecule has 1 aromatic carbocycles. The first-order valence-corrected chi connectivity index (χ1v) is 8.28. The van der Waals surface area contributed by atoms with E-state index in [1.165, 1.54) is 0 Å². The molecule has 0 N–H and O–H groups in total. The summed E-state index contributed by atoms with van der Waals surface area (Å²) in [6.07, 6.45) is 5.45. The van der Waals surface area contributed by atoms with Crippen LogP contribution >= 0.6 is 0 Å². The SMILES string of the molecule is CC(C)(C)C1CCC(OC(=O)/C(C#N)=C/c2ccccc2)CC1. The summed E-state index contributed by atoms with van der Waals surface area (Å²) < 4.78 is 5.55. The van der Waals surface area contributed by atoms with E-state index in [9.17, 15) is 10.1 Å². The Morgan fingerprint density at radius 2 is 1.78 bits per heavy atom. The Balaban J connectivity index is 1.94. The van der Waals surface area contributed by atoms with E-state index >= 15 is 0 Å². The molecule has 3 heteroatoms. The largest absolute Gasteiger partial charge is 0.458 e. The van der Waals surface area contributed by atoms with Crippen LogP contribution in [-0.2, 0) is 9.53 Å². The lowest BCUT2D eigenvalue weighted by Crippen LogP contribution is -2.30. The molecular weight excluding hydrogens is 286 g/mol. The zero-order chi connectivity index (χ0) is 16.9. The van der Waals surface area contributed by atoms with Crippen molar-refractivity contribution in [3.8, 4) is 6.07 Å². The highest BCUT2D eigenvalue weighted by Crippen LogP contribution is 2.38. The van der Waals surface area contributed by atoms with Crippen LogP contribution in [0.25, 0.3) is 6.08 Å². The van der Waals surface area contributed by atoms with E-state index < -0.39 is 5.97 Å². The van der Waals surface area contributed by atoms with E-state index in [0.29, 0.717) is 11.3 Å². The van der Waals surface area contributed by atoms with Gasteiger partial charge < -0.3 is 4.74 Å². The molecule has 0 spiro atoms. The molecule has 1 aliphatic rings. The second kappa shape index (κ2) is 7.46. The molecule has 0 unspecified atom stereocenters. The summed E-state index contributed by atoms with van der Waals surface area (Å²) in [6.45, 7) is 6.79. The third-order valence-electron chi connectivity index (χ3n) is 4.62. The fourth-order valence-electron chi connectivity index (χ4n) is 3.11. The summed E-state index contributed by atoms with van der Waals surface area (Å²) in [5.74, 6) is 0.170. The molecular formula is C20H25NO2. The topological polar surface area (TPSA) is 50.1 Å². The predicted molar refractivity (Wildman–Crippen MR) is 91.3 cm³/mol. The number of ether oxygens (including phenoxy) is 1. The molecule has 0 aliphatic heterocycles. The fourth-order valence-corrected chi connectivity index (χ4v) is 3.11. The molecule has 2 rings (SSSR count). The number of rotatable bonds is 3. The van der Waals surface area contributed by atoms with Crippen molar-refractivity contribution in [1.29, 1.82) is 5.26 Å². The highest BCUT2D eigenvalue weighted by Gasteiger charge is 2.31. The maximum atomic E-state index is 12.2. The van der Waals surface area contributed by atoms with E-state index in [0.717, 1.165) is 31.2 Å². The molecule has 1 aromatic rings. The van der Waals surface area contributed by atoms with Crippen molar-refractivity contribution in [3.05, 3.63) is 41.5 Å². The zero-order valence-electron chi connectivity index (χ0n) is 14.2. The van der Waals surface area contributed by atoms with Gasteiger partial charge in [-0.3, -0.25) is 0 Å². The fraction of sp³-hybridized carbons (Fsp3) is 0.500. The van der Waals surface area contributed by atoms with E-state index in [4.69, 9.17) is 4.74 Å². The second-order valence-corrected chi connectivity index (χ2v) is 7.33. The monoisotopic (exact) mass is 311 g/mol. The molecule has 1 aliphatic carbocycles. The quantitative estimate of drug-likeness (QED) is 0.460. The van der Waals surface area contributed by atoms with Crippen molar-refractivity contribution in [1.82, 2.24) is 0 Å². The van der Waals surface area contributed by atoms with Crippen molar-refractivity contribution in [2.45, 2.75) is 52.6 Å². The normalized spacial score (nSPS) is 22.3. The molecule has 0 amide bonds. The van der Waals surface area contributed by atoms with Crippen LogP contribution in [0, 0.1) is 22.7 Å². The molecule has 0 atom stereocenters. The Hall–Kier alpha value is -2.08. The first kappa shape index (κ1) is 17.3. The first-order chi connectivity index (χ1) is 10.9. The van der Waals surface area contributed by atoms with Crippen molar-refractivity contribution in [2.75, 3.05) is 0 Å². The summed E-state index contributed by atoms with van der Waals surface area (Å²) in [5, 5.41) is 9.22. The third kappa shape index (κ3) is 4.96. The summed E-state index contributed by atoms with van der Waals surface area (Å²) in [7, 11) is 0. The van der Waals surface area contributed by atoms with Gasteiger partial charge in [-0.25, -0.2) is 4.79 Å². The van der Waals surface area contributed by atoms with E-state index in [1.807, 2.05) is 36.4 Å². The van der Waals surface area contributed by atoms with Gasteiger partial charge in [-0.1, -0.05) is 51.1 Å². The molecule has 1 saturated carbocycles. The lowest BCUT2D eigenvalue weighted by Gasteiger charge is -2.36. The Kier molecular flexibility index (Phi) is 5.60. The lowest BCUT2D eigenvalue weighted by atomic mass is 9.72. The maximum absolute atomic E-state index is 12.2. The number of nitriles is 1. The molecule has 0 radical (unpaired) electrons. The van der Waals surface area contributed by atoms with Crippen LogP contribution in [-0.4, -0.2) is 12.1 Å². The molecule has 0 heterocycles. The van der Waals surface area contributed by atoms with Crippen LogP contribution in [0.3, 0.4) is 0 Å². The van der Waals surface area contributed by atoms with Gasteiger partial charge in [0.15, 0.2) is 0 Å². The Morgan fingerprint density at radius 3 is 2.30 bits per heavy atom. The van der Waals surface area contributed by atoms with Gasteiger partial charge in [0.1, 0.15) is 17.7 Å². The number of esters is 1. The van der Waals surface area contributed by atoms with Gasteiger partial charge in [0.2, 0.25) is 0 Å². The van der Waals surface area contributed by atoms with Crippen LogP contribution in [0.1, 0.15) is 52.0 Å². The minimum Gasteiger partial charge on any atom is -0.458 e. The molecule has 0 bridgehead atoms. The minimum absolute atomic E-state index is 0.0615. The predicted octanol–water partition coefficient (Wildman–Crippen LogP) is 4.74. The van der Waals surface area contributed by atoms with Crippen LogP contribution in [0.4, 0.5) is 0 Å². The first-order valence-electron chi connectivity index (χ1n) is 8.28. The van der Waals surface area contributed by atoms with Crippen LogP contribution < -0.4 is 0 Å². The summed E-state index contributed by atoms with van der Waals surface area (Å²) in [5.41, 5.74) is 1.20. The maximum Gasteiger partial charge on any atom is 0.349 e. The Bertz CT molecular complexity index is 597. The Morgan fingerprint density at radius 1 is 1.17 bits per heavy atom. The number of hydrogen-bond acceptors (Lipinski definition) is 3. The minimum atomic E-state index is -0.504. The Labute approximate surface area is 139 Å². The average molecular weight is 311 g/mol. The number of nitrogens with zero attached hydrogens (tertiary/aromatic N) is 1. The standard InChI is InChI=1S/C20H25NO2/c1-20(2,3)17-9-11-18(12-10-17)23-19(22)16(14-21)13-15-7-5-4-6-8-15/h4-8,13,17-18H,9-12H2,1-3H3/b16-13+. The van der Waals surface area contributed by atoms with Crippen LogP contribution in [0.2, 0.25) is 0 Å². The summed E-state index contributed by atoms with van der Waals surface area (Å²) in [6, 6.07) is 11.3. The molecule has 23 heavy (non-hydrogen) atoms. The third-order valence-corrected chi connectivity index (χ3v) is 4.62. The average Bonchev–Trinajstić information content (AvgIpc) is 2.53. The number of benzene rings is 1. The van der Waals surface area contributed by atoms with Crippen LogP contribution in [0.15, 0.2) is 35.9 Å². The van der Waals surface area contributed by atoms with Crippen molar-refractivity contribution < 1.29 is 9.53 Å². The zero-order valence-corrected chi connectivity index (χ0v) is 14.2. The van der Waals surface area contributed by atoms with Gasteiger partial charge in [-0.05, 0) is 48.7 Å². The van der Waals surface area contributed by atoms with Gasteiger partial charge in [-0.15, -0.1) is 0 Å². The van der Waals surface area contributed by atoms with Crippen molar-refractivity contribution in [2.24, 2.45) is 11.3 Å². The van der Waals surface area contributed by atoms with Crippen molar-refractivity contribution in [3.63, 3.8) is 0 Å². The summed E-state index contributed by atoms with van der Waals surface area (Å²) in [4.78, 5) is 12.2. The van der Waals surface area contributed by atoms with E-state index in [1.54, 1.807) is 6.08 Å². The molecule has 0 saturated heterocycles. The van der Waals surface area contributed by atoms with Gasteiger partial charge in [0, 0.05) is 0 Å². The highest BCUT2D eigenvalue weighted by atomic mass is 16.5. The number of carbonyl (C=O) groups is 1.